The van der Waals surface area contributed by atoms with Crippen molar-refractivity contribution in [2.75, 3.05) is 0 Å². The zero-order valence-corrected chi connectivity index (χ0v) is 12.0. The highest BCUT2D eigenvalue weighted by atomic mass is 16.4. The maximum absolute atomic E-state index is 12.6. The van der Waals surface area contributed by atoms with E-state index in [-0.39, 0.29) is 29.2 Å². The molecule has 0 aromatic rings. The van der Waals surface area contributed by atoms with Crippen LogP contribution in [0.3, 0.4) is 0 Å². The molecule has 2 N–H and O–H groups in total. The lowest BCUT2D eigenvalue weighted by molar-refractivity contribution is -0.148. The topological polar surface area (TPSA) is 66.4 Å². The minimum absolute atomic E-state index is 0.0429. The van der Waals surface area contributed by atoms with Crippen molar-refractivity contribution in [3.05, 3.63) is 12.2 Å². The molecule has 2 bridgehead atoms. The fourth-order valence-corrected chi connectivity index (χ4v) is 4.35. The molecule has 2 unspecified atom stereocenters. The zero-order chi connectivity index (χ0) is 14.3. The van der Waals surface area contributed by atoms with E-state index in [1.54, 1.807) is 0 Å². The van der Waals surface area contributed by atoms with E-state index >= 15 is 0 Å². The van der Waals surface area contributed by atoms with Crippen LogP contribution in [0.4, 0.5) is 0 Å². The van der Waals surface area contributed by atoms with Gasteiger partial charge in [-0.1, -0.05) is 31.4 Å². The van der Waals surface area contributed by atoms with E-state index < -0.39 is 11.9 Å². The van der Waals surface area contributed by atoms with E-state index in [0.29, 0.717) is 0 Å². The second-order valence-corrected chi connectivity index (χ2v) is 6.95. The third-order valence-corrected chi connectivity index (χ3v) is 5.43. The highest BCUT2D eigenvalue weighted by Gasteiger charge is 2.52. The molecular weight excluding hydrogens is 254 g/mol. The summed E-state index contributed by atoms with van der Waals surface area (Å²) in [7, 11) is 0. The smallest absolute Gasteiger partial charge is 0.307 e. The number of allylic oxidation sites excluding steroid dienone is 2. The molecule has 3 aliphatic carbocycles. The van der Waals surface area contributed by atoms with Crippen LogP contribution >= 0.6 is 0 Å². The van der Waals surface area contributed by atoms with Gasteiger partial charge in [-0.2, -0.15) is 0 Å². The number of carboxylic acid groups (broad SMARTS) is 1. The predicted molar refractivity (Wildman–Crippen MR) is 75.0 cm³/mol. The molecule has 0 saturated heterocycles. The first-order valence-electron chi connectivity index (χ1n) is 7.73. The molecule has 0 aliphatic heterocycles. The van der Waals surface area contributed by atoms with Crippen molar-refractivity contribution in [3.63, 3.8) is 0 Å². The monoisotopic (exact) mass is 277 g/mol. The second-order valence-electron chi connectivity index (χ2n) is 6.95. The zero-order valence-electron chi connectivity index (χ0n) is 12.0. The Morgan fingerprint density at radius 2 is 1.70 bits per heavy atom. The summed E-state index contributed by atoms with van der Waals surface area (Å²) in [6.07, 6.45) is 10.4. The fourth-order valence-electron chi connectivity index (χ4n) is 4.35. The summed E-state index contributed by atoms with van der Waals surface area (Å²) < 4.78 is 0. The van der Waals surface area contributed by atoms with E-state index in [2.05, 4.69) is 12.2 Å². The summed E-state index contributed by atoms with van der Waals surface area (Å²) in [5.41, 5.74) is -0.135. The van der Waals surface area contributed by atoms with Gasteiger partial charge in [0.2, 0.25) is 5.91 Å². The fraction of sp³-hybridized carbons (Fsp3) is 0.750. The van der Waals surface area contributed by atoms with Gasteiger partial charge in [-0.15, -0.1) is 0 Å². The number of amides is 1. The van der Waals surface area contributed by atoms with Crippen molar-refractivity contribution < 1.29 is 14.7 Å². The van der Waals surface area contributed by atoms with Gasteiger partial charge in [-0.05, 0) is 38.0 Å². The summed E-state index contributed by atoms with van der Waals surface area (Å²) in [4.78, 5) is 24.1. The Kier molecular flexibility index (Phi) is 3.35. The third kappa shape index (κ3) is 2.25. The Morgan fingerprint density at radius 3 is 2.30 bits per heavy atom. The third-order valence-electron chi connectivity index (χ3n) is 5.43. The minimum Gasteiger partial charge on any atom is -0.481 e. The van der Waals surface area contributed by atoms with Crippen LogP contribution in [0, 0.1) is 23.7 Å². The molecular formula is C16H23NO3. The Hall–Kier alpha value is -1.32. The molecule has 0 spiro atoms. The molecule has 3 aliphatic rings. The molecule has 2 saturated carbocycles. The van der Waals surface area contributed by atoms with Gasteiger partial charge in [-0.25, -0.2) is 0 Å². The van der Waals surface area contributed by atoms with Gasteiger partial charge >= 0.3 is 5.97 Å². The quantitative estimate of drug-likeness (QED) is 0.778. The number of carboxylic acids is 1. The van der Waals surface area contributed by atoms with Crippen molar-refractivity contribution >= 4 is 11.9 Å². The molecule has 2 fully saturated rings. The normalized spacial score (nSPS) is 37.9. The summed E-state index contributed by atoms with van der Waals surface area (Å²) in [6, 6.07) is 0. The summed E-state index contributed by atoms with van der Waals surface area (Å²) in [5.74, 6) is -1.60. The van der Waals surface area contributed by atoms with Crippen LogP contribution in [0.25, 0.3) is 0 Å². The minimum atomic E-state index is -0.823. The Bertz CT molecular complexity index is 451. The lowest BCUT2D eigenvalue weighted by atomic mass is 9.79. The molecule has 0 aromatic heterocycles. The number of carbonyl (C=O) groups is 2. The van der Waals surface area contributed by atoms with Gasteiger partial charge in [0.25, 0.3) is 0 Å². The SMILES string of the molecule is CC1(NC(=O)[C@H]2C3C=CC(C3)[C@H]2C(=O)O)CCCCC1. The van der Waals surface area contributed by atoms with Crippen LogP contribution in [0.15, 0.2) is 12.2 Å². The molecule has 0 aromatic carbocycles. The Morgan fingerprint density at radius 1 is 1.10 bits per heavy atom. The van der Waals surface area contributed by atoms with Gasteiger partial charge in [-0.3, -0.25) is 9.59 Å². The number of carbonyl (C=O) groups excluding carboxylic acids is 1. The number of nitrogens with one attached hydrogen (secondary N) is 1. The first-order valence-corrected chi connectivity index (χ1v) is 7.73. The molecule has 3 rings (SSSR count). The molecule has 110 valence electrons. The van der Waals surface area contributed by atoms with Crippen LogP contribution in [0.5, 0.6) is 0 Å². The summed E-state index contributed by atoms with van der Waals surface area (Å²) in [5, 5.41) is 12.6. The average molecular weight is 277 g/mol. The van der Waals surface area contributed by atoms with Crippen molar-refractivity contribution in [2.45, 2.75) is 51.0 Å². The van der Waals surface area contributed by atoms with E-state index in [1.165, 1.54) is 6.42 Å². The summed E-state index contributed by atoms with van der Waals surface area (Å²) >= 11 is 0. The Labute approximate surface area is 119 Å². The first kappa shape index (κ1) is 13.7. The highest BCUT2D eigenvalue weighted by molar-refractivity contribution is 5.87. The lowest BCUT2D eigenvalue weighted by Gasteiger charge is -2.37. The standard InChI is InChI=1S/C16H23NO3/c1-16(7-3-2-4-8-16)17-14(18)12-10-5-6-11(9-10)13(12)15(19)20/h5-6,10-13H,2-4,7-9H2,1H3,(H,17,18)(H,19,20)/t10?,11?,12-,13+/m0/s1. The van der Waals surface area contributed by atoms with E-state index in [1.807, 2.05) is 12.2 Å². The van der Waals surface area contributed by atoms with Crippen molar-refractivity contribution in [2.24, 2.45) is 23.7 Å². The molecule has 1 amide bonds. The van der Waals surface area contributed by atoms with Crippen LogP contribution < -0.4 is 5.32 Å². The number of aliphatic carboxylic acids is 1. The number of rotatable bonds is 3. The van der Waals surface area contributed by atoms with Gasteiger partial charge < -0.3 is 10.4 Å². The largest absolute Gasteiger partial charge is 0.481 e. The van der Waals surface area contributed by atoms with Crippen LogP contribution in [0.1, 0.15) is 45.4 Å². The first-order chi connectivity index (χ1) is 9.50. The molecule has 4 nitrogen and oxygen atoms in total. The van der Waals surface area contributed by atoms with Crippen LogP contribution in [0.2, 0.25) is 0 Å². The van der Waals surface area contributed by atoms with Gasteiger partial charge in [0, 0.05) is 5.54 Å². The van der Waals surface area contributed by atoms with E-state index in [4.69, 9.17) is 0 Å². The Balaban J connectivity index is 1.73. The number of hydrogen-bond acceptors (Lipinski definition) is 2. The van der Waals surface area contributed by atoms with E-state index in [9.17, 15) is 14.7 Å². The average Bonchev–Trinajstić information content (AvgIpc) is 2.98. The van der Waals surface area contributed by atoms with Gasteiger partial charge in [0.15, 0.2) is 0 Å². The second kappa shape index (κ2) is 4.90. The highest BCUT2D eigenvalue weighted by Crippen LogP contribution is 2.48. The molecule has 4 heteroatoms. The number of fused-ring (bicyclic) bond motifs is 2. The van der Waals surface area contributed by atoms with Crippen molar-refractivity contribution in [1.29, 1.82) is 0 Å². The van der Waals surface area contributed by atoms with E-state index in [0.717, 1.165) is 32.1 Å². The number of hydrogen-bond donors (Lipinski definition) is 2. The van der Waals surface area contributed by atoms with Gasteiger partial charge in [0.05, 0.1) is 11.8 Å². The van der Waals surface area contributed by atoms with Crippen LogP contribution in [-0.2, 0) is 9.59 Å². The molecule has 4 atom stereocenters. The van der Waals surface area contributed by atoms with Crippen molar-refractivity contribution in [3.8, 4) is 0 Å². The maximum atomic E-state index is 12.6. The molecule has 20 heavy (non-hydrogen) atoms. The van der Waals surface area contributed by atoms with Crippen molar-refractivity contribution in [1.82, 2.24) is 5.32 Å². The summed E-state index contributed by atoms with van der Waals surface area (Å²) in [6.45, 7) is 2.10. The lowest BCUT2D eigenvalue weighted by Crippen LogP contribution is -2.51. The van der Waals surface area contributed by atoms with Gasteiger partial charge in [0.1, 0.15) is 0 Å². The van der Waals surface area contributed by atoms with Crippen LogP contribution in [-0.4, -0.2) is 22.5 Å². The maximum Gasteiger partial charge on any atom is 0.307 e. The molecule has 0 heterocycles. The molecule has 0 radical (unpaired) electrons. The predicted octanol–water partition coefficient (Wildman–Crippen LogP) is 2.35.